The van der Waals surface area contributed by atoms with E-state index in [1.54, 1.807) is 0 Å². The maximum atomic E-state index is 11.0. The third kappa shape index (κ3) is 1.93. The van der Waals surface area contributed by atoms with Crippen LogP contribution in [0.15, 0.2) is 0 Å². The van der Waals surface area contributed by atoms with Gasteiger partial charge in [0.15, 0.2) is 0 Å². The summed E-state index contributed by atoms with van der Waals surface area (Å²) in [5, 5.41) is 3.12. The number of ether oxygens (including phenoxy) is 1. The minimum Gasteiger partial charge on any atom is -0.466 e. The fourth-order valence-corrected chi connectivity index (χ4v) is 1.31. The van der Waals surface area contributed by atoms with Crippen LogP contribution in [0.2, 0.25) is 0 Å². The van der Waals surface area contributed by atoms with Gasteiger partial charge in [0.2, 0.25) is 0 Å². The van der Waals surface area contributed by atoms with E-state index in [1.165, 1.54) is 0 Å². The molecule has 3 nitrogen and oxygen atoms in total. The average molecular weight is 157 g/mol. The Morgan fingerprint density at radius 3 is 2.73 bits per heavy atom. The second-order valence-corrected chi connectivity index (χ2v) is 2.91. The highest BCUT2D eigenvalue weighted by molar-refractivity contribution is 5.73. The molecule has 0 bridgehead atoms. The van der Waals surface area contributed by atoms with Crippen LogP contribution in [0.1, 0.15) is 19.8 Å². The van der Waals surface area contributed by atoms with Crippen molar-refractivity contribution in [2.75, 3.05) is 13.7 Å². The van der Waals surface area contributed by atoms with Gasteiger partial charge in [-0.05, 0) is 26.8 Å². The molecule has 0 atom stereocenters. The normalized spacial score (nSPS) is 29.3. The van der Waals surface area contributed by atoms with Crippen LogP contribution < -0.4 is 5.32 Å². The van der Waals surface area contributed by atoms with Crippen molar-refractivity contribution in [3.05, 3.63) is 0 Å². The second kappa shape index (κ2) is 3.72. The van der Waals surface area contributed by atoms with Crippen molar-refractivity contribution in [3.8, 4) is 0 Å². The quantitative estimate of drug-likeness (QED) is 0.608. The number of carbonyl (C=O) groups is 1. The fourth-order valence-electron chi connectivity index (χ4n) is 1.31. The summed E-state index contributed by atoms with van der Waals surface area (Å²) >= 11 is 0. The molecule has 0 amide bonds. The highest BCUT2D eigenvalue weighted by Crippen LogP contribution is 2.27. The Morgan fingerprint density at radius 2 is 2.27 bits per heavy atom. The minimum atomic E-state index is -0.0287. The first-order chi connectivity index (χ1) is 5.27. The van der Waals surface area contributed by atoms with Crippen LogP contribution in [-0.4, -0.2) is 25.7 Å². The van der Waals surface area contributed by atoms with Crippen molar-refractivity contribution in [2.24, 2.45) is 5.92 Å². The lowest BCUT2D eigenvalue weighted by Crippen LogP contribution is -2.43. The molecule has 0 saturated heterocycles. The van der Waals surface area contributed by atoms with Crippen molar-refractivity contribution in [3.63, 3.8) is 0 Å². The molecule has 11 heavy (non-hydrogen) atoms. The van der Waals surface area contributed by atoms with Gasteiger partial charge in [0, 0.05) is 6.04 Å². The molecule has 0 aromatic heterocycles. The summed E-state index contributed by atoms with van der Waals surface area (Å²) in [7, 11) is 1.92. The van der Waals surface area contributed by atoms with Crippen LogP contribution in [0.3, 0.4) is 0 Å². The molecule has 0 aromatic rings. The zero-order valence-corrected chi connectivity index (χ0v) is 7.09. The topological polar surface area (TPSA) is 38.3 Å². The van der Waals surface area contributed by atoms with E-state index >= 15 is 0 Å². The van der Waals surface area contributed by atoms with Crippen LogP contribution >= 0.6 is 0 Å². The smallest absolute Gasteiger partial charge is 0.309 e. The molecule has 1 fully saturated rings. The van der Waals surface area contributed by atoms with Crippen molar-refractivity contribution >= 4 is 5.97 Å². The Labute approximate surface area is 67.1 Å². The summed E-state index contributed by atoms with van der Waals surface area (Å²) in [6.07, 6.45) is 1.88. The highest BCUT2D eigenvalue weighted by atomic mass is 16.5. The molecule has 0 aromatic carbocycles. The summed E-state index contributed by atoms with van der Waals surface area (Å²) in [6, 6.07) is 0.532. The van der Waals surface area contributed by atoms with E-state index in [0.717, 1.165) is 12.8 Å². The number of nitrogens with one attached hydrogen (secondary N) is 1. The molecule has 0 unspecified atom stereocenters. The molecule has 1 aliphatic carbocycles. The third-order valence-electron chi connectivity index (χ3n) is 2.17. The minimum absolute atomic E-state index is 0.0287. The maximum absolute atomic E-state index is 11.0. The lowest BCUT2D eigenvalue weighted by Gasteiger charge is -2.32. The van der Waals surface area contributed by atoms with E-state index in [9.17, 15) is 4.79 Å². The monoisotopic (exact) mass is 157 g/mol. The zero-order valence-electron chi connectivity index (χ0n) is 7.09. The molecule has 64 valence electrons. The Morgan fingerprint density at radius 1 is 1.64 bits per heavy atom. The maximum Gasteiger partial charge on any atom is 0.309 e. The standard InChI is InChI=1S/C8H15NO2/c1-3-11-8(10)6-4-7(5-6)9-2/h6-7,9H,3-5H2,1-2H3/t6-,7+. The number of rotatable bonds is 3. The van der Waals surface area contributed by atoms with Crippen molar-refractivity contribution < 1.29 is 9.53 Å². The predicted octanol–water partition coefficient (Wildman–Crippen LogP) is 0.547. The van der Waals surface area contributed by atoms with Gasteiger partial charge in [-0.25, -0.2) is 0 Å². The molecule has 1 aliphatic rings. The van der Waals surface area contributed by atoms with Crippen LogP contribution in [0.25, 0.3) is 0 Å². The van der Waals surface area contributed by atoms with Gasteiger partial charge >= 0.3 is 5.97 Å². The average Bonchev–Trinajstić information content (AvgIpc) is 1.86. The molecule has 3 heteroatoms. The third-order valence-corrected chi connectivity index (χ3v) is 2.17. The van der Waals surface area contributed by atoms with E-state index in [-0.39, 0.29) is 11.9 Å². The van der Waals surface area contributed by atoms with Gasteiger partial charge in [0.1, 0.15) is 0 Å². The van der Waals surface area contributed by atoms with E-state index < -0.39 is 0 Å². The lowest BCUT2D eigenvalue weighted by molar-refractivity contribution is -0.151. The molecule has 0 radical (unpaired) electrons. The molecule has 0 heterocycles. The van der Waals surface area contributed by atoms with E-state index in [4.69, 9.17) is 4.74 Å². The van der Waals surface area contributed by atoms with E-state index in [1.807, 2.05) is 14.0 Å². The number of esters is 1. The molecule has 1 saturated carbocycles. The highest BCUT2D eigenvalue weighted by Gasteiger charge is 2.34. The molecular formula is C8H15NO2. The summed E-state index contributed by atoms with van der Waals surface area (Å²) in [5.41, 5.74) is 0. The van der Waals surface area contributed by atoms with Gasteiger partial charge in [-0.2, -0.15) is 0 Å². The first-order valence-electron chi connectivity index (χ1n) is 4.11. The van der Waals surface area contributed by atoms with Gasteiger partial charge in [-0.15, -0.1) is 0 Å². The fraction of sp³-hybridized carbons (Fsp3) is 0.875. The Kier molecular flexibility index (Phi) is 2.88. The van der Waals surface area contributed by atoms with Crippen LogP contribution in [0.4, 0.5) is 0 Å². The van der Waals surface area contributed by atoms with Gasteiger partial charge in [0.25, 0.3) is 0 Å². The van der Waals surface area contributed by atoms with Crippen molar-refractivity contribution in [2.45, 2.75) is 25.8 Å². The summed E-state index contributed by atoms with van der Waals surface area (Å²) in [5.74, 6) is 0.131. The molecule has 1 rings (SSSR count). The predicted molar refractivity (Wildman–Crippen MR) is 42.2 cm³/mol. The van der Waals surface area contributed by atoms with E-state index in [0.29, 0.717) is 12.6 Å². The van der Waals surface area contributed by atoms with Gasteiger partial charge in [-0.1, -0.05) is 0 Å². The Hall–Kier alpha value is -0.570. The number of carbonyl (C=O) groups excluding carboxylic acids is 1. The summed E-state index contributed by atoms with van der Waals surface area (Å²) in [6.45, 7) is 2.34. The largest absolute Gasteiger partial charge is 0.466 e. The molecule has 0 spiro atoms. The Bertz CT molecular complexity index is 141. The van der Waals surface area contributed by atoms with Crippen molar-refractivity contribution in [1.82, 2.24) is 5.32 Å². The summed E-state index contributed by atoms with van der Waals surface area (Å²) < 4.78 is 4.87. The lowest BCUT2D eigenvalue weighted by atomic mass is 9.80. The zero-order chi connectivity index (χ0) is 8.27. The first kappa shape index (κ1) is 8.53. The molecular weight excluding hydrogens is 142 g/mol. The van der Waals surface area contributed by atoms with Crippen molar-refractivity contribution in [1.29, 1.82) is 0 Å². The van der Waals surface area contributed by atoms with Crippen LogP contribution in [0.5, 0.6) is 0 Å². The number of hydrogen-bond donors (Lipinski definition) is 1. The second-order valence-electron chi connectivity index (χ2n) is 2.91. The number of hydrogen-bond acceptors (Lipinski definition) is 3. The molecule has 0 aliphatic heterocycles. The van der Waals surface area contributed by atoms with Gasteiger partial charge in [-0.3, -0.25) is 4.79 Å². The Balaban J connectivity index is 2.16. The molecule has 1 N–H and O–H groups in total. The van der Waals surface area contributed by atoms with E-state index in [2.05, 4.69) is 5.32 Å². The summed E-state index contributed by atoms with van der Waals surface area (Å²) in [4.78, 5) is 11.0. The van der Waals surface area contributed by atoms with Crippen LogP contribution in [-0.2, 0) is 9.53 Å². The first-order valence-corrected chi connectivity index (χ1v) is 4.11. The van der Waals surface area contributed by atoms with Crippen LogP contribution in [0, 0.1) is 5.92 Å². The van der Waals surface area contributed by atoms with Gasteiger partial charge in [0.05, 0.1) is 12.5 Å². The SMILES string of the molecule is CCOC(=O)[C@H]1C[C@@H](NC)C1. The van der Waals surface area contributed by atoms with Gasteiger partial charge < -0.3 is 10.1 Å².